The number of hydrogen-bond donors (Lipinski definition) is 1. The van der Waals surface area contributed by atoms with Gasteiger partial charge in [0.1, 0.15) is 5.75 Å². The zero-order valence-corrected chi connectivity index (χ0v) is 7.94. The minimum atomic E-state index is 0.193. The molecule has 12 heavy (non-hydrogen) atoms. The van der Waals surface area contributed by atoms with Crippen molar-refractivity contribution in [3.8, 4) is 5.75 Å². The van der Waals surface area contributed by atoms with Crippen LogP contribution in [0.5, 0.6) is 5.75 Å². The van der Waals surface area contributed by atoms with E-state index in [9.17, 15) is 5.11 Å². The van der Waals surface area contributed by atoms with Crippen molar-refractivity contribution in [1.82, 2.24) is 0 Å². The molecule has 0 aliphatic rings. The molecule has 0 atom stereocenters. The molecule has 0 aliphatic heterocycles. The van der Waals surface area contributed by atoms with Crippen LogP contribution < -0.4 is 0 Å². The van der Waals surface area contributed by atoms with Crippen LogP contribution in [0, 0.1) is 6.92 Å². The molecule has 1 nitrogen and oxygen atoms in total. The standard InChI is InChI=1S/C10H11ClO/c1-6(2)8-4-7(3)9(11)5-10(8)12/h4-5,12H,1H2,2-3H3. The van der Waals surface area contributed by atoms with Crippen LogP contribution in [0.2, 0.25) is 5.02 Å². The van der Waals surface area contributed by atoms with Gasteiger partial charge in [-0.15, -0.1) is 0 Å². The van der Waals surface area contributed by atoms with Crippen LogP contribution in [0.15, 0.2) is 18.7 Å². The van der Waals surface area contributed by atoms with Crippen LogP contribution in [0.1, 0.15) is 18.1 Å². The molecule has 0 radical (unpaired) electrons. The predicted molar refractivity (Wildman–Crippen MR) is 52.6 cm³/mol. The third-order valence-electron chi connectivity index (χ3n) is 1.74. The Balaban J connectivity index is 3.33. The second-order valence-corrected chi connectivity index (χ2v) is 3.31. The maximum Gasteiger partial charge on any atom is 0.124 e. The molecular formula is C10H11ClO. The number of hydrogen-bond acceptors (Lipinski definition) is 1. The molecule has 2 heteroatoms. The molecule has 0 unspecified atom stereocenters. The maximum absolute atomic E-state index is 9.44. The molecule has 1 N–H and O–H groups in total. The van der Waals surface area contributed by atoms with E-state index in [1.807, 2.05) is 19.9 Å². The molecule has 0 saturated carbocycles. The quantitative estimate of drug-likeness (QED) is 0.706. The Hall–Kier alpha value is -0.950. The molecule has 1 aromatic carbocycles. The van der Waals surface area contributed by atoms with Crippen LogP contribution in [0.25, 0.3) is 5.57 Å². The SMILES string of the molecule is C=C(C)c1cc(C)c(Cl)cc1O. The Morgan fingerprint density at radius 3 is 2.58 bits per heavy atom. The molecule has 0 spiro atoms. The molecule has 64 valence electrons. The van der Waals surface area contributed by atoms with Crippen LogP contribution >= 0.6 is 11.6 Å². The molecule has 0 saturated heterocycles. The van der Waals surface area contributed by atoms with E-state index in [0.717, 1.165) is 16.7 Å². The number of phenolic OH excluding ortho intramolecular Hbond substituents is 1. The summed E-state index contributed by atoms with van der Waals surface area (Å²) in [6.07, 6.45) is 0. The first-order chi connectivity index (χ1) is 5.52. The molecule has 1 rings (SSSR count). The highest BCUT2D eigenvalue weighted by Gasteiger charge is 2.04. The Morgan fingerprint density at radius 2 is 2.08 bits per heavy atom. The zero-order chi connectivity index (χ0) is 9.30. The van der Waals surface area contributed by atoms with Crippen molar-refractivity contribution in [2.45, 2.75) is 13.8 Å². The maximum atomic E-state index is 9.44. The molecule has 0 bridgehead atoms. The third-order valence-corrected chi connectivity index (χ3v) is 2.14. The van der Waals surface area contributed by atoms with Gasteiger partial charge in [-0.25, -0.2) is 0 Å². The topological polar surface area (TPSA) is 20.2 Å². The number of aromatic hydroxyl groups is 1. The first kappa shape index (κ1) is 9.14. The predicted octanol–water partition coefficient (Wildman–Crippen LogP) is 3.39. The normalized spacial score (nSPS) is 9.92. The molecule has 1 aromatic rings. The highest BCUT2D eigenvalue weighted by Crippen LogP contribution is 2.29. The highest BCUT2D eigenvalue weighted by atomic mass is 35.5. The monoisotopic (exact) mass is 182 g/mol. The molecule has 0 amide bonds. The summed E-state index contributed by atoms with van der Waals surface area (Å²) in [6, 6.07) is 3.38. The van der Waals surface area contributed by atoms with Crippen molar-refractivity contribution >= 4 is 17.2 Å². The van der Waals surface area contributed by atoms with E-state index in [4.69, 9.17) is 11.6 Å². The first-order valence-electron chi connectivity index (χ1n) is 3.67. The van der Waals surface area contributed by atoms with E-state index < -0.39 is 0 Å². The second-order valence-electron chi connectivity index (χ2n) is 2.90. The molecule has 0 heterocycles. The summed E-state index contributed by atoms with van der Waals surface area (Å²) < 4.78 is 0. The summed E-state index contributed by atoms with van der Waals surface area (Å²) in [5.74, 6) is 0.193. The van der Waals surface area contributed by atoms with Gasteiger partial charge in [-0.1, -0.05) is 18.2 Å². The lowest BCUT2D eigenvalue weighted by Gasteiger charge is -2.06. The van der Waals surface area contributed by atoms with Crippen molar-refractivity contribution < 1.29 is 5.11 Å². The van der Waals surface area contributed by atoms with E-state index in [0.29, 0.717) is 5.02 Å². The van der Waals surface area contributed by atoms with Crippen molar-refractivity contribution in [3.63, 3.8) is 0 Å². The molecule has 0 aliphatic carbocycles. The lowest BCUT2D eigenvalue weighted by atomic mass is 10.1. The Morgan fingerprint density at radius 1 is 1.50 bits per heavy atom. The number of aryl methyl sites for hydroxylation is 1. The summed E-state index contributed by atoms with van der Waals surface area (Å²) in [5, 5.41) is 10.0. The summed E-state index contributed by atoms with van der Waals surface area (Å²) in [6.45, 7) is 7.50. The first-order valence-corrected chi connectivity index (χ1v) is 4.05. The Kier molecular flexibility index (Phi) is 2.43. The van der Waals surface area contributed by atoms with Gasteiger partial charge in [0.15, 0.2) is 0 Å². The summed E-state index contributed by atoms with van der Waals surface area (Å²) in [4.78, 5) is 0. The van der Waals surface area contributed by atoms with E-state index in [-0.39, 0.29) is 5.75 Å². The van der Waals surface area contributed by atoms with Crippen LogP contribution in [0.4, 0.5) is 0 Å². The number of benzene rings is 1. The van der Waals surface area contributed by atoms with Gasteiger partial charge in [0.2, 0.25) is 0 Å². The van der Waals surface area contributed by atoms with Gasteiger partial charge < -0.3 is 5.11 Å². The lowest BCUT2D eigenvalue weighted by Crippen LogP contribution is -1.83. The number of allylic oxidation sites excluding steroid dienone is 1. The third kappa shape index (κ3) is 1.62. The van der Waals surface area contributed by atoms with Gasteiger partial charge in [0, 0.05) is 10.6 Å². The fourth-order valence-corrected chi connectivity index (χ4v) is 1.17. The van der Waals surface area contributed by atoms with Gasteiger partial charge in [0.05, 0.1) is 0 Å². The lowest BCUT2D eigenvalue weighted by molar-refractivity contribution is 0.473. The second kappa shape index (κ2) is 3.20. The summed E-state index contributed by atoms with van der Waals surface area (Å²) in [5.41, 5.74) is 2.55. The van der Waals surface area contributed by atoms with Crippen LogP contribution in [-0.2, 0) is 0 Å². The molecular weight excluding hydrogens is 172 g/mol. The Labute approximate surface area is 77.3 Å². The highest BCUT2D eigenvalue weighted by molar-refractivity contribution is 6.31. The van der Waals surface area contributed by atoms with E-state index >= 15 is 0 Å². The van der Waals surface area contributed by atoms with Crippen LogP contribution in [0.3, 0.4) is 0 Å². The van der Waals surface area contributed by atoms with Crippen molar-refractivity contribution in [2.24, 2.45) is 0 Å². The zero-order valence-electron chi connectivity index (χ0n) is 7.19. The van der Waals surface area contributed by atoms with Gasteiger partial charge in [-0.05, 0) is 37.1 Å². The smallest absolute Gasteiger partial charge is 0.124 e. The number of phenols is 1. The van der Waals surface area contributed by atoms with Crippen molar-refractivity contribution in [1.29, 1.82) is 0 Å². The van der Waals surface area contributed by atoms with Gasteiger partial charge in [-0.3, -0.25) is 0 Å². The van der Waals surface area contributed by atoms with E-state index in [1.54, 1.807) is 6.07 Å². The molecule has 0 aromatic heterocycles. The van der Waals surface area contributed by atoms with E-state index in [2.05, 4.69) is 6.58 Å². The van der Waals surface area contributed by atoms with E-state index in [1.165, 1.54) is 0 Å². The average Bonchev–Trinajstić information content (AvgIpc) is 1.96. The van der Waals surface area contributed by atoms with Gasteiger partial charge in [-0.2, -0.15) is 0 Å². The minimum absolute atomic E-state index is 0.193. The largest absolute Gasteiger partial charge is 0.507 e. The van der Waals surface area contributed by atoms with Crippen molar-refractivity contribution in [3.05, 3.63) is 34.9 Å². The van der Waals surface area contributed by atoms with Crippen molar-refractivity contribution in [2.75, 3.05) is 0 Å². The summed E-state index contributed by atoms with van der Waals surface area (Å²) >= 11 is 5.80. The Bertz CT molecular complexity index is 329. The van der Waals surface area contributed by atoms with Gasteiger partial charge in [0.25, 0.3) is 0 Å². The summed E-state index contributed by atoms with van der Waals surface area (Å²) in [7, 11) is 0. The molecule has 0 fully saturated rings. The van der Waals surface area contributed by atoms with Gasteiger partial charge >= 0.3 is 0 Å². The minimum Gasteiger partial charge on any atom is -0.507 e. The average molecular weight is 183 g/mol. The fraction of sp³-hybridized carbons (Fsp3) is 0.200. The van der Waals surface area contributed by atoms with Crippen LogP contribution in [-0.4, -0.2) is 5.11 Å². The number of rotatable bonds is 1. The number of halogens is 1. The fourth-order valence-electron chi connectivity index (χ4n) is 1.01.